The maximum absolute atomic E-state index is 11.4. The highest BCUT2D eigenvalue weighted by Crippen LogP contribution is 2.22. The molecule has 21 heavy (non-hydrogen) atoms. The van der Waals surface area contributed by atoms with Gasteiger partial charge in [0.25, 0.3) is 0 Å². The highest BCUT2D eigenvalue weighted by molar-refractivity contribution is 7.91. The van der Waals surface area contributed by atoms with Gasteiger partial charge in [0.15, 0.2) is 15.7 Å². The van der Waals surface area contributed by atoms with Gasteiger partial charge in [0.05, 0.1) is 11.5 Å². The Morgan fingerprint density at radius 1 is 1.29 bits per heavy atom. The number of benzene rings is 1. The van der Waals surface area contributed by atoms with Crippen molar-refractivity contribution in [2.45, 2.75) is 19.3 Å². The third kappa shape index (κ3) is 3.83. The lowest BCUT2D eigenvalue weighted by molar-refractivity contribution is 0.355. The Labute approximate surface area is 128 Å². The van der Waals surface area contributed by atoms with Crippen molar-refractivity contribution in [2.24, 2.45) is 5.92 Å². The number of rotatable bonds is 4. The highest BCUT2D eigenvalue weighted by Gasteiger charge is 2.29. The molecule has 0 N–H and O–H groups in total. The van der Waals surface area contributed by atoms with E-state index in [9.17, 15) is 8.42 Å². The van der Waals surface area contributed by atoms with Gasteiger partial charge >= 0.3 is 0 Å². The van der Waals surface area contributed by atoms with Gasteiger partial charge in [-0.2, -0.15) is 4.98 Å². The maximum Gasteiger partial charge on any atom is 0.226 e. The van der Waals surface area contributed by atoms with Crippen LogP contribution in [0.25, 0.3) is 0 Å². The summed E-state index contributed by atoms with van der Waals surface area (Å²) in [5.74, 6) is 1.71. The molecular formula is C14H15ClN2O3S. The molecule has 5 nitrogen and oxygen atoms in total. The molecule has 3 rings (SSSR count). The van der Waals surface area contributed by atoms with Crippen molar-refractivity contribution in [2.75, 3.05) is 11.5 Å². The zero-order valence-corrected chi connectivity index (χ0v) is 12.9. The summed E-state index contributed by atoms with van der Waals surface area (Å²) < 4.78 is 28.1. The van der Waals surface area contributed by atoms with Crippen LogP contribution in [0, 0.1) is 5.92 Å². The lowest BCUT2D eigenvalue weighted by atomic mass is 10.1. The van der Waals surface area contributed by atoms with Crippen molar-refractivity contribution in [1.82, 2.24) is 10.1 Å². The fourth-order valence-electron chi connectivity index (χ4n) is 2.51. The van der Waals surface area contributed by atoms with Crippen LogP contribution < -0.4 is 0 Å². The molecule has 2 heterocycles. The van der Waals surface area contributed by atoms with Crippen LogP contribution in [0.3, 0.4) is 0 Å². The summed E-state index contributed by atoms with van der Waals surface area (Å²) in [5, 5.41) is 4.63. The fourth-order valence-corrected chi connectivity index (χ4v) is 4.50. The van der Waals surface area contributed by atoms with E-state index in [1.54, 1.807) is 0 Å². The minimum Gasteiger partial charge on any atom is -0.339 e. The number of aromatic nitrogens is 2. The van der Waals surface area contributed by atoms with E-state index < -0.39 is 9.84 Å². The van der Waals surface area contributed by atoms with Crippen molar-refractivity contribution in [1.29, 1.82) is 0 Å². The summed E-state index contributed by atoms with van der Waals surface area (Å²) in [7, 11) is -2.86. The molecule has 0 aliphatic carbocycles. The van der Waals surface area contributed by atoms with E-state index in [-0.39, 0.29) is 17.4 Å². The van der Waals surface area contributed by atoms with Gasteiger partial charge in [-0.1, -0.05) is 28.9 Å². The standard InChI is InChI=1S/C14H15ClN2O3S/c15-12-3-1-10(2-4-12)7-13-16-14(20-17-13)8-11-5-6-21(18,19)9-11/h1-4,11H,5-9H2. The second-order valence-corrected chi connectivity index (χ2v) is 8.05. The Morgan fingerprint density at radius 2 is 2.05 bits per heavy atom. The van der Waals surface area contributed by atoms with E-state index in [1.807, 2.05) is 24.3 Å². The summed E-state index contributed by atoms with van der Waals surface area (Å²) in [4.78, 5) is 4.33. The molecule has 0 spiro atoms. The van der Waals surface area contributed by atoms with Gasteiger partial charge in [0, 0.05) is 17.9 Å². The monoisotopic (exact) mass is 326 g/mol. The molecular weight excluding hydrogens is 312 g/mol. The van der Waals surface area contributed by atoms with Gasteiger partial charge in [-0.3, -0.25) is 0 Å². The molecule has 0 radical (unpaired) electrons. The second kappa shape index (κ2) is 5.77. The summed E-state index contributed by atoms with van der Waals surface area (Å²) in [5.41, 5.74) is 1.05. The Hall–Kier alpha value is -1.40. The Kier molecular flexibility index (Phi) is 3.99. The van der Waals surface area contributed by atoms with E-state index in [2.05, 4.69) is 10.1 Å². The zero-order chi connectivity index (χ0) is 14.9. The van der Waals surface area contributed by atoms with Crippen LogP contribution in [0.15, 0.2) is 28.8 Å². The third-order valence-corrected chi connectivity index (χ3v) is 5.66. The molecule has 1 saturated heterocycles. The van der Waals surface area contributed by atoms with Gasteiger partial charge in [-0.15, -0.1) is 0 Å². The number of hydrogen-bond acceptors (Lipinski definition) is 5. The largest absolute Gasteiger partial charge is 0.339 e. The molecule has 7 heteroatoms. The third-order valence-electron chi connectivity index (χ3n) is 3.58. The van der Waals surface area contributed by atoms with Gasteiger partial charge < -0.3 is 4.52 Å². The zero-order valence-electron chi connectivity index (χ0n) is 11.3. The molecule has 1 aliphatic heterocycles. The van der Waals surface area contributed by atoms with Crippen LogP contribution in [0.2, 0.25) is 5.02 Å². The van der Waals surface area contributed by atoms with Gasteiger partial charge in [0.1, 0.15) is 0 Å². The van der Waals surface area contributed by atoms with Crippen LogP contribution >= 0.6 is 11.6 Å². The van der Waals surface area contributed by atoms with Crippen molar-refractivity contribution >= 4 is 21.4 Å². The Bertz CT molecular complexity index is 725. The molecule has 0 amide bonds. The normalized spacial score (nSPS) is 20.7. The molecule has 0 saturated carbocycles. The molecule has 2 aromatic rings. The van der Waals surface area contributed by atoms with Gasteiger partial charge in [-0.05, 0) is 30.0 Å². The minimum absolute atomic E-state index is 0.0961. The van der Waals surface area contributed by atoms with E-state index >= 15 is 0 Å². The topological polar surface area (TPSA) is 73.1 Å². The van der Waals surface area contributed by atoms with Crippen molar-refractivity contribution in [3.05, 3.63) is 46.6 Å². The Balaban J connectivity index is 1.62. The van der Waals surface area contributed by atoms with E-state index in [4.69, 9.17) is 16.1 Å². The molecule has 1 atom stereocenters. The first-order valence-electron chi connectivity index (χ1n) is 6.76. The lowest BCUT2D eigenvalue weighted by Gasteiger charge is -2.01. The first-order chi connectivity index (χ1) is 10.00. The molecule has 112 valence electrons. The summed E-state index contributed by atoms with van der Waals surface area (Å²) in [6.45, 7) is 0. The number of halogens is 1. The van der Waals surface area contributed by atoms with Crippen molar-refractivity contribution < 1.29 is 12.9 Å². The predicted molar refractivity (Wildman–Crippen MR) is 79.0 cm³/mol. The number of hydrogen-bond donors (Lipinski definition) is 0. The predicted octanol–water partition coefficient (Wildman–Crippen LogP) is 2.29. The average molecular weight is 327 g/mol. The fraction of sp³-hybridized carbons (Fsp3) is 0.429. The van der Waals surface area contributed by atoms with Crippen LogP contribution in [0.1, 0.15) is 23.7 Å². The van der Waals surface area contributed by atoms with E-state index in [0.29, 0.717) is 36.0 Å². The van der Waals surface area contributed by atoms with Crippen molar-refractivity contribution in [3.63, 3.8) is 0 Å². The second-order valence-electron chi connectivity index (χ2n) is 5.38. The number of nitrogens with zero attached hydrogens (tertiary/aromatic N) is 2. The van der Waals surface area contributed by atoms with Crippen LogP contribution in [0.5, 0.6) is 0 Å². The lowest BCUT2D eigenvalue weighted by Crippen LogP contribution is -2.07. The van der Waals surface area contributed by atoms with Crippen molar-refractivity contribution in [3.8, 4) is 0 Å². The van der Waals surface area contributed by atoms with Gasteiger partial charge in [-0.25, -0.2) is 8.42 Å². The molecule has 1 aromatic heterocycles. The molecule has 0 bridgehead atoms. The van der Waals surface area contributed by atoms with Crippen LogP contribution in [-0.2, 0) is 22.7 Å². The van der Waals surface area contributed by atoms with Crippen LogP contribution in [0.4, 0.5) is 0 Å². The summed E-state index contributed by atoms with van der Waals surface area (Å²) in [6, 6.07) is 7.48. The quantitative estimate of drug-likeness (QED) is 0.862. The SMILES string of the molecule is O=S1(=O)CCC(Cc2nc(Cc3ccc(Cl)cc3)no2)C1. The number of sulfone groups is 1. The maximum atomic E-state index is 11.4. The average Bonchev–Trinajstić information content (AvgIpc) is 2.99. The van der Waals surface area contributed by atoms with Gasteiger partial charge in [0.2, 0.25) is 5.89 Å². The molecule has 1 aliphatic rings. The molecule has 1 aromatic carbocycles. The first-order valence-corrected chi connectivity index (χ1v) is 8.96. The van der Waals surface area contributed by atoms with Crippen LogP contribution in [-0.4, -0.2) is 30.1 Å². The smallest absolute Gasteiger partial charge is 0.226 e. The highest BCUT2D eigenvalue weighted by atomic mass is 35.5. The molecule has 1 unspecified atom stereocenters. The first kappa shape index (κ1) is 14.5. The Morgan fingerprint density at radius 3 is 2.71 bits per heavy atom. The van der Waals surface area contributed by atoms with E-state index in [0.717, 1.165) is 5.56 Å². The minimum atomic E-state index is -2.86. The molecule has 1 fully saturated rings. The van der Waals surface area contributed by atoms with E-state index in [1.165, 1.54) is 0 Å². The summed E-state index contributed by atoms with van der Waals surface area (Å²) in [6.07, 6.45) is 1.79. The summed E-state index contributed by atoms with van der Waals surface area (Å²) >= 11 is 5.84.